The molecule has 0 spiro atoms. The average molecular weight is 405 g/mol. The third-order valence-electron chi connectivity index (χ3n) is 3.54. The lowest BCUT2D eigenvalue weighted by Gasteiger charge is -2.06. The molecule has 3 rings (SSSR count). The van der Waals surface area contributed by atoms with Gasteiger partial charge < -0.3 is 10.1 Å². The summed E-state index contributed by atoms with van der Waals surface area (Å²) in [4.78, 5) is 28.8. The van der Waals surface area contributed by atoms with Gasteiger partial charge in [-0.15, -0.1) is 11.3 Å². The summed E-state index contributed by atoms with van der Waals surface area (Å²) in [6.45, 7) is 1.15. The molecule has 1 heterocycles. The predicted octanol–water partition coefficient (Wildman–Crippen LogP) is 4.71. The molecule has 0 aliphatic rings. The number of benzene rings is 2. The molecule has 0 saturated carbocycles. The van der Waals surface area contributed by atoms with E-state index in [1.807, 2.05) is 6.07 Å². The first-order valence-electron chi connectivity index (χ1n) is 7.89. The molecule has 0 aliphatic heterocycles. The molecule has 0 fully saturated rings. The normalized spacial score (nSPS) is 10.5. The van der Waals surface area contributed by atoms with Crippen LogP contribution in [0.2, 0.25) is 5.02 Å². The molecular weight excluding hydrogens is 391 g/mol. The SMILES string of the molecule is Cc1nc(-c2cccc(Cl)c2)sc1C(=O)OCC(=O)Nc1ccccc1F. The Morgan fingerprint density at radius 1 is 1.22 bits per heavy atom. The van der Waals surface area contributed by atoms with E-state index in [-0.39, 0.29) is 5.69 Å². The minimum Gasteiger partial charge on any atom is -0.451 e. The van der Waals surface area contributed by atoms with Crippen molar-refractivity contribution in [1.82, 2.24) is 4.98 Å². The lowest BCUT2D eigenvalue weighted by Crippen LogP contribution is -2.21. The number of anilines is 1. The van der Waals surface area contributed by atoms with Gasteiger partial charge >= 0.3 is 5.97 Å². The third-order valence-corrected chi connectivity index (χ3v) is 4.96. The number of nitrogens with one attached hydrogen (secondary N) is 1. The Morgan fingerprint density at radius 2 is 2.00 bits per heavy atom. The number of carbonyl (C=O) groups excluding carboxylic acids is 2. The Labute approximate surface area is 163 Å². The van der Waals surface area contributed by atoms with Crippen LogP contribution in [0.4, 0.5) is 10.1 Å². The van der Waals surface area contributed by atoms with Crippen LogP contribution in [0.3, 0.4) is 0 Å². The number of hydrogen-bond acceptors (Lipinski definition) is 5. The van der Waals surface area contributed by atoms with Crippen LogP contribution >= 0.6 is 22.9 Å². The fraction of sp³-hybridized carbons (Fsp3) is 0.105. The second-order valence-electron chi connectivity index (χ2n) is 5.55. The van der Waals surface area contributed by atoms with Gasteiger partial charge in [-0.25, -0.2) is 14.2 Å². The van der Waals surface area contributed by atoms with E-state index >= 15 is 0 Å². The number of rotatable bonds is 5. The van der Waals surface area contributed by atoms with Crippen molar-refractivity contribution >= 4 is 40.5 Å². The van der Waals surface area contributed by atoms with Gasteiger partial charge in [-0.2, -0.15) is 0 Å². The van der Waals surface area contributed by atoms with Crippen LogP contribution in [0.15, 0.2) is 48.5 Å². The molecule has 5 nitrogen and oxygen atoms in total. The number of para-hydroxylation sites is 1. The zero-order valence-corrected chi connectivity index (χ0v) is 15.7. The highest BCUT2D eigenvalue weighted by Crippen LogP contribution is 2.29. The van der Waals surface area contributed by atoms with Crippen molar-refractivity contribution in [2.45, 2.75) is 6.92 Å². The van der Waals surface area contributed by atoms with Crippen molar-refractivity contribution in [3.63, 3.8) is 0 Å². The summed E-state index contributed by atoms with van der Waals surface area (Å²) >= 11 is 7.13. The number of nitrogens with zero attached hydrogens (tertiary/aromatic N) is 1. The number of thiazole rings is 1. The number of aryl methyl sites for hydroxylation is 1. The molecule has 138 valence electrons. The molecule has 3 aromatic rings. The molecular formula is C19H14ClFN2O3S. The van der Waals surface area contributed by atoms with Gasteiger partial charge in [-0.3, -0.25) is 4.79 Å². The fourth-order valence-electron chi connectivity index (χ4n) is 2.28. The smallest absolute Gasteiger partial charge is 0.350 e. The van der Waals surface area contributed by atoms with E-state index in [1.165, 1.54) is 18.2 Å². The first-order chi connectivity index (χ1) is 12.9. The molecule has 1 N–H and O–H groups in total. The van der Waals surface area contributed by atoms with Crippen molar-refractivity contribution in [2.75, 3.05) is 11.9 Å². The van der Waals surface area contributed by atoms with Gasteiger partial charge in [0.2, 0.25) is 0 Å². The van der Waals surface area contributed by atoms with E-state index in [2.05, 4.69) is 10.3 Å². The largest absolute Gasteiger partial charge is 0.451 e. The van der Waals surface area contributed by atoms with Gasteiger partial charge in [0.25, 0.3) is 5.91 Å². The molecule has 0 aliphatic carbocycles. The lowest BCUT2D eigenvalue weighted by atomic mass is 10.2. The van der Waals surface area contributed by atoms with Gasteiger partial charge in [-0.1, -0.05) is 35.9 Å². The summed E-state index contributed by atoms with van der Waals surface area (Å²) in [6, 6.07) is 12.9. The molecule has 0 radical (unpaired) electrons. The molecule has 1 aromatic heterocycles. The summed E-state index contributed by atoms with van der Waals surface area (Å²) in [5.74, 6) is -1.87. The van der Waals surface area contributed by atoms with E-state index in [0.717, 1.165) is 16.9 Å². The second kappa shape index (κ2) is 8.28. The number of aromatic nitrogens is 1. The molecule has 2 aromatic carbocycles. The monoisotopic (exact) mass is 404 g/mol. The predicted molar refractivity (Wildman–Crippen MR) is 103 cm³/mol. The highest BCUT2D eigenvalue weighted by atomic mass is 35.5. The topological polar surface area (TPSA) is 68.3 Å². The molecule has 27 heavy (non-hydrogen) atoms. The summed E-state index contributed by atoms with van der Waals surface area (Å²) < 4.78 is 18.5. The molecule has 1 amide bonds. The Bertz CT molecular complexity index is 1010. The van der Waals surface area contributed by atoms with E-state index in [4.69, 9.17) is 16.3 Å². The van der Waals surface area contributed by atoms with Gasteiger partial charge in [0.05, 0.1) is 11.4 Å². The molecule has 8 heteroatoms. The highest BCUT2D eigenvalue weighted by molar-refractivity contribution is 7.17. The minimum absolute atomic E-state index is 0.0239. The van der Waals surface area contributed by atoms with Gasteiger partial charge in [0, 0.05) is 10.6 Å². The first-order valence-corrected chi connectivity index (χ1v) is 9.08. The van der Waals surface area contributed by atoms with Crippen molar-refractivity contribution in [3.8, 4) is 10.6 Å². The summed E-state index contributed by atoms with van der Waals surface area (Å²) in [6.07, 6.45) is 0. The highest BCUT2D eigenvalue weighted by Gasteiger charge is 2.19. The van der Waals surface area contributed by atoms with Crippen LogP contribution in [0.1, 0.15) is 15.4 Å². The zero-order chi connectivity index (χ0) is 19.4. The number of amides is 1. The Hall–Kier alpha value is -2.77. The summed E-state index contributed by atoms with van der Waals surface area (Å²) in [5.41, 5.74) is 1.30. The zero-order valence-electron chi connectivity index (χ0n) is 14.2. The van der Waals surface area contributed by atoms with Crippen molar-refractivity contribution in [3.05, 3.63) is 69.9 Å². The van der Waals surface area contributed by atoms with Gasteiger partial charge in [0.15, 0.2) is 6.61 Å². The minimum atomic E-state index is -0.665. The van der Waals surface area contributed by atoms with E-state index in [1.54, 1.807) is 31.2 Å². The second-order valence-corrected chi connectivity index (χ2v) is 6.98. The first kappa shape index (κ1) is 19.0. The van der Waals surface area contributed by atoms with Crippen LogP contribution in [-0.4, -0.2) is 23.5 Å². The standard InChI is InChI=1S/C19H14ClFN2O3S/c1-11-17(27-18(22-11)12-5-4-6-13(20)9-12)19(25)26-10-16(24)23-15-8-3-2-7-14(15)21/h2-9H,10H2,1H3,(H,23,24). The molecule has 0 bridgehead atoms. The van der Waals surface area contributed by atoms with Crippen LogP contribution in [0.5, 0.6) is 0 Å². The molecule has 0 saturated heterocycles. The lowest BCUT2D eigenvalue weighted by molar-refractivity contribution is -0.119. The molecule has 0 atom stereocenters. The van der Waals surface area contributed by atoms with Crippen molar-refractivity contribution in [1.29, 1.82) is 0 Å². The number of esters is 1. The maximum atomic E-state index is 13.5. The average Bonchev–Trinajstić information content (AvgIpc) is 3.03. The number of carbonyl (C=O) groups is 2. The van der Waals surface area contributed by atoms with E-state index < -0.39 is 24.3 Å². The van der Waals surface area contributed by atoms with Crippen LogP contribution < -0.4 is 5.32 Å². The summed E-state index contributed by atoms with van der Waals surface area (Å²) in [5, 5.41) is 3.54. The Morgan fingerprint density at radius 3 is 2.74 bits per heavy atom. The summed E-state index contributed by atoms with van der Waals surface area (Å²) in [7, 11) is 0. The van der Waals surface area contributed by atoms with E-state index in [9.17, 15) is 14.0 Å². The number of halogens is 2. The fourth-order valence-corrected chi connectivity index (χ4v) is 3.42. The third kappa shape index (κ3) is 4.69. The Kier molecular flexibility index (Phi) is 5.83. The van der Waals surface area contributed by atoms with Crippen molar-refractivity contribution in [2.24, 2.45) is 0 Å². The van der Waals surface area contributed by atoms with Gasteiger partial charge in [-0.05, 0) is 31.2 Å². The quantitative estimate of drug-likeness (QED) is 0.625. The van der Waals surface area contributed by atoms with Gasteiger partial charge in [0.1, 0.15) is 15.7 Å². The number of hydrogen-bond donors (Lipinski definition) is 1. The maximum Gasteiger partial charge on any atom is 0.350 e. The Balaban J connectivity index is 1.64. The van der Waals surface area contributed by atoms with Crippen LogP contribution in [0, 0.1) is 12.7 Å². The van der Waals surface area contributed by atoms with Crippen LogP contribution in [-0.2, 0) is 9.53 Å². The van der Waals surface area contributed by atoms with E-state index in [0.29, 0.717) is 20.6 Å². The maximum absolute atomic E-state index is 13.5. The number of ether oxygens (including phenoxy) is 1. The molecule has 0 unspecified atom stereocenters. The van der Waals surface area contributed by atoms with Crippen LogP contribution in [0.25, 0.3) is 10.6 Å². The van der Waals surface area contributed by atoms with Crippen molar-refractivity contribution < 1.29 is 18.7 Å².